The second-order valence-corrected chi connectivity index (χ2v) is 8.08. The van der Waals surface area contributed by atoms with E-state index in [9.17, 15) is 4.79 Å². The van der Waals surface area contributed by atoms with Gasteiger partial charge in [0.25, 0.3) is 5.91 Å². The molecule has 0 bridgehead atoms. The van der Waals surface area contributed by atoms with Gasteiger partial charge in [-0.3, -0.25) is 20.9 Å². The molecule has 4 rings (SSSR count). The highest BCUT2D eigenvalue weighted by molar-refractivity contribution is 6.35. The molecule has 3 aromatic rings. The summed E-state index contributed by atoms with van der Waals surface area (Å²) < 4.78 is 11.4. The topological polar surface area (TPSA) is 140 Å². The summed E-state index contributed by atoms with van der Waals surface area (Å²) in [5, 5.41) is 9.27. The molecule has 174 valence electrons. The lowest BCUT2D eigenvalue weighted by atomic mass is 10.0. The van der Waals surface area contributed by atoms with Gasteiger partial charge in [0.1, 0.15) is 18.0 Å². The summed E-state index contributed by atoms with van der Waals surface area (Å²) in [5.74, 6) is 0.371. The molecule has 3 heterocycles. The number of ether oxygens (including phenoxy) is 2. The Labute approximate surface area is 205 Å². The normalized spacial score (nSPS) is 13.4. The summed E-state index contributed by atoms with van der Waals surface area (Å²) in [6.45, 7) is 4.20. The maximum atomic E-state index is 12.2. The molecule has 0 saturated heterocycles. The van der Waals surface area contributed by atoms with E-state index in [0.29, 0.717) is 52.8 Å². The molecule has 0 unspecified atom stereocenters. The number of aromatic nitrogens is 2. The first-order valence-corrected chi connectivity index (χ1v) is 10.8. The van der Waals surface area contributed by atoms with Crippen LogP contribution < -0.4 is 25.8 Å². The van der Waals surface area contributed by atoms with E-state index in [4.69, 9.17) is 49.6 Å². The summed E-state index contributed by atoms with van der Waals surface area (Å²) in [6, 6.07) is 6.46. The smallest absolute Gasteiger partial charge is 0.250 e. The van der Waals surface area contributed by atoms with Gasteiger partial charge in [0.2, 0.25) is 5.88 Å². The zero-order valence-corrected chi connectivity index (χ0v) is 19.3. The molecule has 0 spiro atoms. The van der Waals surface area contributed by atoms with Gasteiger partial charge in [0, 0.05) is 41.0 Å². The Hall–Kier alpha value is -3.66. The Bertz CT molecular complexity index is 1280. The van der Waals surface area contributed by atoms with E-state index >= 15 is 0 Å². The van der Waals surface area contributed by atoms with Gasteiger partial charge in [0.05, 0.1) is 22.3 Å². The molecule has 11 heteroatoms. The number of halogens is 2. The van der Waals surface area contributed by atoms with Crippen LogP contribution in [0.15, 0.2) is 55.5 Å². The van der Waals surface area contributed by atoms with Crippen LogP contribution in [0.4, 0.5) is 11.4 Å². The fourth-order valence-corrected chi connectivity index (χ4v) is 4.03. The zero-order chi connectivity index (χ0) is 24.4. The van der Waals surface area contributed by atoms with Crippen molar-refractivity contribution in [1.29, 1.82) is 5.41 Å². The monoisotopic (exact) mass is 498 g/mol. The zero-order valence-electron chi connectivity index (χ0n) is 17.8. The highest BCUT2D eigenvalue weighted by Gasteiger charge is 2.25. The number of fused-ring (bicyclic) bond motifs is 1. The van der Waals surface area contributed by atoms with Crippen molar-refractivity contribution in [2.75, 3.05) is 23.8 Å². The number of benzene rings is 1. The van der Waals surface area contributed by atoms with E-state index in [1.54, 1.807) is 24.3 Å². The Morgan fingerprint density at radius 2 is 2.00 bits per heavy atom. The maximum absolute atomic E-state index is 12.2. The number of hydrogen-bond acceptors (Lipinski definition) is 8. The number of hydrogen-bond donors (Lipinski definition) is 3. The SMILES string of the molecule is C=CC(=O)N1CCOc2ncc(C(=N)c3cc(O[C@H](N)c4c(Cl)cncc4Cl)ccc3N)cc21. The Kier molecular flexibility index (Phi) is 6.69. The third kappa shape index (κ3) is 4.54. The van der Waals surface area contributed by atoms with Crippen molar-refractivity contribution in [2.45, 2.75) is 6.23 Å². The lowest BCUT2D eigenvalue weighted by Gasteiger charge is -2.28. The van der Waals surface area contributed by atoms with Crippen LogP contribution >= 0.6 is 23.2 Å². The number of nitrogens with zero attached hydrogens (tertiary/aromatic N) is 3. The number of amides is 1. The van der Waals surface area contributed by atoms with Gasteiger partial charge in [0.15, 0.2) is 6.23 Å². The minimum atomic E-state index is -0.977. The predicted molar refractivity (Wildman–Crippen MR) is 131 cm³/mol. The number of nitrogen functional groups attached to an aromatic ring is 1. The molecule has 1 aliphatic rings. The van der Waals surface area contributed by atoms with E-state index < -0.39 is 6.23 Å². The number of nitrogens with one attached hydrogen (secondary N) is 1. The molecule has 0 aliphatic carbocycles. The molecular weight excluding hydrogens is 479 g/mol. The van der Waals surface area contributed by atoms with Crippen molar-refractivity contribution in [3.63, 3.8) is 0 Å². The second-order valence-electron chi connectivity index (χ2n) is 7.27. The molecule has 0 saturated carbocycles. The van der Waals surface area contributed by atoms with Crippen LogP contribution in [-0.4, -0.2) is 34.7 Å². The van der Waals surface area contributed by atoms with E-state index in [-0.39, 0.29) is 21.7 Å². The van der Waals surface area contributed by atoms with Gasteiger partial charge >= 0.3 is 0 Å². The first-order valence-electron chi connectivity index (χ1n) is 10.1. The van der Waals surface area contributed by atoms with E-state index in [1.807, 2.05) is 0 Å². The highest BCUT2D eigenvalue weighted by Crippen LogP contribution is 2.33. The molecule has 0 fully saturated rings. The van der Waals surface area contributed by atoms with E-state index in [2.05, 4.69) is 16.5 Å². The van der Waals surface area contributed by atoms with E-state index in [1.165, 1.54) is 29.6 Å². The average Bonchev–Trinajstić information content (AvgIpc) is 2.83. The molecule has 34 heavy (non-hydrogen) atoms. The predicted octanol–water partition coefficient (Wildman–Crippen LogP) is 3.73. The highest BCUT2D eigenvalue weighted by atomic mass is 35.5. The third-order valence-corrected chi connectivity index (χ3v) is 5.74. The van der Waals surface area contributed by atoms with Crippen LogP contribution in [-0.2, 0) is 4.79 Å². The molecule has 2 aromatic heterocycles. The number of nitrogens with two attached hydrogens (primary N) is 2. The van der Waals surface area contributed by atoms with Gasteiger partial charge in [-0.2, -0.15) is 0 Å². The Morgan fingerprint density at radius 3 is 2.71 bits per heavy atom. The number of rotatable bonds is 6. The molecule has 1 aliphatic heterocycles. The minimum Gasteiger partial charge on any atom is -0.474 e. The van der Waals surface area contributed by atoms with Crippen molar-refractivity contribution in [2.24, 2.45) is 5.73 Å². The third-order valence-electron chi connectivity index (χ3n) is 5.14. The number of carbonyl (C=O) groups is 1. The van der Waals surface area contributed by atoms with Crippen LogP contribution in [0.5, 0.6) is 11.6 Å². The maximum Gasteiger partial charge on any atom is 0.250 e. The molecule has 5 N–H and O–H groups in total. The number of pyridine rings is 2. The minimum absolute atomic E-state index is 0.0726. The molecular formula is C23H20Cl2N6O3. The molecule has 1 amide bonds. The quantitative estimate of drug-likeness (QED) is 0.203. The summed E-state index contributed by atoms with van der Waals surface area (Å²) in [7, 11) is 0. The van der Waals surface area contributed by atoms with Gasteiger partial charge in [-0.15, -0.1) is 0 Å². The van der Waals surface area contributed by atoms with Gasteiger partial charge < -0.3 is 20.1 Å². The fraction of sp³-hybridized carbons (Fsp3) is 0.130. The van der Waals surface area contributed by atoms with Gasteiger partial charge in [-0.05, 0) is 30.3 Å². The first kappa shape index (κ1) is 23.5. The lowest BCUT2D eigenvalue weighted by Crippen LogP contribution is -2.37. The van der Waals surface area contributed by atoms with Crippen molar-refractivity contribution in [1.82, 2.24) is 9.97 Å². The van der Waals surface area contributed by atoms with Crippen molar-refractivity contribution in [3.8, 4) is 11.6 Å². The first-order chi connectivity index (χ1) is 16.3. The summed E-state index contributed by atoms with van der Waals surface area (Å²) in [6.07, 6.45) is 4.57. The van der Waals surface area contributed by atoms with Crippen LogP contribution in [0.25, 0.3) is 0 Å². The van der Waals surface area contributed by atoms with Crippen molar-refractivity contribution in [3.05, 3.63) is 82.2 Å². The van der Waals surface area contributed by atoms with Crippen molar-refractivity contribution >= 4 is 46.2 Å². The standard InChI is InChI=1S/C23H20Cl2N6O3/c1-2-19(32)31-5-6-33-23-18(31)7-12(9-30-23)21(27)14-8-13(3-4-17(14)26)34-22(28)20-15(24)10-29-11-16(20)25/h2-4,7-11,22,27H,1,5-6,26,28H2/t22-/m0/s1. The Balaban J connectivity index is 1.64. The van der Waals surface area contributed by atoms with Crippen LogP contribution in [0.3, 0.4) is 0 Å². The van der Waals surface area contributed by atoms with Crippen LogP contribution in [0.1, 0.15) is 22.9 Å². The number of carbonyl (C=O) groups excluding carboxylic acids is 1. The molecule has 1 aromatic carbocycles. The van der Waals surface area contributed by atoms with E-state index in [0.717, 1.165) is 0 Å². The molecule has 1 atom stereocenters. The van der Waals surface area contributed by atoms with Crippen LogP contribution in [0.2, 0.25) is 10.0 Å². The second kappa shape index (κ2) is 9.68. The summed E-state index contributed by atoms with van der Waals surface area (Å²) in [4.78, 5) is 21.9. The van der Waals surface area contributed by atoms with Gasteiger partial charge in [-0.25, -0.2) is 4.98 Å². The largest absolute Gasteiger partial charge is 0.474 e. The van der Waals surface area contributed by atoms with Gasteiger partial charge in [-0.1, -0.05) is 29.8 Å². The average molecular weight is 499 g/mol. The van der Waals surface area contributed by atoms with Crippen LogP contribution in [0, 0.1) is 5.41 Å². The summed E-state index contributed by atoms with van der Waals surface area (Å²) >= 11 is 12.3. The summed E-state index contributed by atoms with van der Waals surface area (Å²) in [5.41, 5.74) is 14.4. The van der Waals surface area contributed by atoms with Crippen molar-refractivity contribution < 1.29 is 14.3 Å². The lowest BCUT2D eigenvalue weighted by molar-refractivity contribution is -0.114. The Morgan fingerprint density at radius 1 is 1.26 bits per heavy atom. The number of anilines is 2. The fourth-order valence-electron chi connectivity index (χ4n) is 3.45. The molecule has 9 nitrogen and oxygen atoms in total. The molecule has 0 radical (unpaired) electrons.